The molecule has 0 saturated carbocycles. The minimum atomic E-state index is -5.42. The summed E-state index contributed by atoms with van der Waals surface area (Å²) in [6, 6.07) is 16.9. The van der Waals surface area contributed by atoms with Crippen molar-refractivity contribution >= 4 is 30.3 Å². The van der Waals surface area contributed by atoms with E-state index >= 15 is 0 Å². The molecule has 0 aliphatic rings. The van der Waals surface area contributed by atoms with Gasteiger partial charge in [0.2, 0.25) is 5.43 Å². The molecule has 1 aromatic heterocycles. The van der Waals surface area contributed by atoms with Crippen LogP contribution in [0.15, 0.2) is 71.7 Å². The summed E-state index contributed by atoms with van der Waals surface area (Å²) in [5.74, 6) is -0.339. The van der Waals surface area contributed by atoms with Gasteiger partial charge in [0.15, 0.2) is 0 Å². The van der Waals surface area contributed by atoms with Gasteiger partial charge in [0, 0.05) is 34.3 Å². The number of nitrogens with one attached hydrogen (secondary N) is 2. The van der Waals surface area contributed by atoms with E-state index in [1.807, 2.05) is 27.7 Å². The summed E-state index contributed by atoms with van der Waals surface area (Å²) in [7, 11) is -5.42. The van der Waals surface area contributed by atoms with Gasteiger partial charge in [-0.25, -0.2) is 0 Å². The largest absolute Gasteiger partial charge is 0.780 e. The average Bonchev–Trinajstić information content (AvgIpc) is 2.83. The van der Waals surface area contributed by atoms with Crippen LogP contribution in [-0.2, 0) is 9.98 Å². The van der Waals surface area contributed by atoms with Gasteiger partial charge in [0.1, 0.15) is 24.9 Å². The number of phosphoric acid groups is 1. The summed E-state index contributed by atoms with van der Waals surface area (Å²) in [6.45, 7) is 7.81. The molecule has 10 heteroatoms. The van der Waals surface area contributed by atoms with Crippen molar-refractivity contribution in [1.29, 1.82) is 0 Å². The maximum absolute atomic E-state index is 13.3. The number of hydrogen-bond acceptors (Lipinski definition) is 7. The first-order chi connectivity index (χ1) is 17.9. The summed E-state index contributed by atoms with van der Waals surface area (Å²) in [5.41, 5.74) is 1.09. The highest BCUT2D eigenvalue weighted by atomic mass is 31.2. The lowest BCUT2D eigenvalue weighted by Crippen LogP contribution is -2.23. The van der Waals surface area contributed by atoms with Crippen molar-refractivity contribution < 1.29 is 28.4 Å². The molecule has 1 amide bonds. The van der Waals surface area contributed by atoms with Crippen LogP contribution >= 0.6 is 7.82 Å². The highest BCUT2D eigenvalue weighted by Gasteiger charge is 2.24. The second-order valence-corrected chi connectivity index (χ2v) is 10.8. The van der Waals surface area contributed by atoms with Crippen molar-refractivity contribution in [3.05, 3.63) is 88.2 Å². The molecule has 0 bridgehead atoms. The van der Waals surface area contributed by atoms with Crippen molar-refractivity contribution in [2.75, 3.05) is 11.9 Å². The third-order valence-corrected chi connectivity index (χ3v) is 6.30. The van der Waals surface area contributed by atoms with Gasteiger partial charge in [-0.15, -0.1) is 0 Å². The average molecular weight is 535 g/mol. The number of amides is 1. The van der Waals surface area contributed by atoms with E-state index in [2.05, 4.69) is 10.3 Å². The Kier molecular flexibility index (Phi) is 7.47. The van der Waals surface area contributed by atoms with Gasteiger partial charge < -0.3 is 33.9 Å². The number of carbonyl (C=O) groups excluding carboxylic acids is 1. The molecule has 0 aliphatic carbocycles. The topological polar surface area (TPSA) is 144 Å². The Balaban J connectivity index is 1.89. The number of aromatic nitrogens is 1. The molecule has 9 nitrogen and oxygen atoms in total. The van der Waals surface area contributed by atoms with Crippen LogP contribution in [-0.4, -0.2) is 17.5 Å². The van der Waals surface area contributed by atoms with Gasteiger partial charge in [0.05, 0.1) is 12.3 Å². The number of H-pyrrole nitrogens is 1. The number of aromatic amines is 1. The van der Waals surface area contributed by atoms with Crippen LogP contribution in [0.1, 0.15) is 43.6 Å². The van der Waals surface area contributed by atoms with Crippen molar-refractivity contribution in [3.8, 4) is 22.6 Å². The van der Waals surface area contributed by atoms with Crippen molar-refractivity contribution in [2.24, 2.45) is 0 Å². The zero-order chi connectivity index (χ0) is 27.7. The van der Waals surface area contributed by atoms with E-state index in [4.69, 9.17) is 9.26 Å². The van der Waals surface area contributed by atoms with Crippen molar-refractivity contribution in [1.82, 2.24) is 4.98 Å². The summed E-state index contributed by atoms with van der Waals surface area (Å²) in [4.78, 5) is 52.5. The molecule has 0 unspecified atom stereocenters. The molecule has 0 fully saturated rings. The lowest BCUT2D eigenvalue weighted by atomic mass is 9.84. The van der Waals surface area contributed by atoms with E-state index in [0.29, 0.717) is 39.9 Å². The molecular formula is C28H27N2O7P-2. The molecule has 0 saturated heterocycles. The normalized spacial score (nSPS) is 11.8. The number of hydrogen-bond donors (Lipinski definition) is 2. The standard InChI is InChI=1S/C28H29N2O7P/c1-5-36-18-10-8-9-17(13-18)20-14-22(28(2,3)4)25(37-38(33,34)35)15-24(20)30-27(32)21-16-29-23-12-7-6-11-19(23)26(21)31/h6-16H,5H2,1-4H3,(H,29,31)(H,30,32)(H2,33,34,35)/p-2. The molecule has 2 N–H and O–H groups in total. The fourth-order valence-electron chi connectivity index (χ4n) is 4.15. The molecule has 3 aromatic carbocycles. The zero-order valence-corrected chi connectivity index (χ0v) is 22.3. The number of para-hydroxylation sites is 1. The van der Waals surface area contributed by atoms with E-state index < -0.39 is 24.6 Å². The molecule has 4 aromatic rings. The molecule has 4 rings (SSSR count). The molecule has 198 valence electrons. The number of fused-ring (bicyclic) bond motifs is 1. The fourth-order valence-corrected chi connectivity index (χ4v) is 4.54. The predicted octanol–water partition coefficient (Wildman–Crippen LogP) is 4.35. The molecule has 0 spiro atoms. The number of rotatable bonds is 7. The van der Waals surface area contributed by atoms with Gasteiger partial charge >= 0.3 is 0 Å². The van der Waals surface area contributed by atoms with Gasteiger partial charge in [-0.2, -0.15) is 0 Å². The Morgan fingerprint density at radius 3 is 2.47 bits per heavy atom. The number of pyridine rings is 1. The third-order valence-electron chi connectivity index (χ3n) is 5.88. The monoisotopic (exact) mass is 534 g/mol. The Bertz CT molecular complexity index is 1620. The number of phosphoric ester groups is 1. The first-order valence-electron chi connectivity index (χ1n) is 11.9. The summed E-state index contributed by atoms with van der Waals surface area (Å²) in [6.07, 6.45) is 1.32. The molecule has 1 heterocycles. The predicted molar refractivity (Wildman–Crippen MR) is 143 cm³/mol. The van der Waals surface area contributed by atoms with Crippen LogP contribution in [0.4, 0.5) is 5.69 Å². The van der Waals surface area contributed by atoms with Gasteiger partial charge in [-0.05, 0) is 48.2 Å². The SMILES string of the molecule is CCOc1cccc(-c2cc(C(C)(C)C)c(OP(=O)([O-])[O-])cc2NC(=O)c2c[nH]c3ccccc3c2=O)c1. The number of benzene rings is 3. The maximum atomic E-state index is 13.3. The number of anilines is 1. The zero-order valence-electron chi connectivity index (χ0n) is 21.4. The third kappa shape index (κ3) is 5.97. The van der Waals surface area contributed by atoms with E-state index in [9.17, 15) is 23.9 Å². The smallest absolute Gasteiger partial charge is 0.261 e. The van der Waals surface area contributed by atoms with E-state index in [-0.39, 0.29) is 17.0 Å². The second-order valence-electron chi connectivity index (χ2n) is 9.67. The lowest BCUT2D eigenvalue weighted by Gasteiger charge is -2.33. The van der Waals surface area contributed by atoms with Crippen LogP contribution in [0.25, 0.3) is 22.0 Å². The van der Waals surface area contributed by atoms with Gasteiger partial charge in [-0.3, -0.25) is 9.59 Å². The quantitative estimate of drug-likeness (QED) is 0.336. The first-order valence-corrected chi connectivity index (χ1v) is 13.4. The molecule has 0 atom stereocenters. The number of ether oxygens (including phenoxy) is 1. The van der Waals surface area contributed by atoms with Gasteiger partial charge in [0.25, 0.3) is 5.91 Å². The summed E-state index contributed by atoms with van der Waals surface area (Å²) < 4.78 is 22.0. The summed E-state index contributed by atoms with van der Waals surface area (Å²) in [5, 5.41) is 3.06. The van der Waals surface area contributed by atoms with Crippen LogP contribution in [0.3, 0.4) is 0 Å². The van der Waals surface area contributed by atoms with Gasteiger partial charge in [-0.1, -0.05) is 45.0 Å². The molecule has 38 heavy (non-hydrogen) atoms. The summed E-state index contributed by atoms with van der Waals surface area (Å²) >= 11 is 0. The highest BCUT2D eigenvalue weighted by Crippen LogP contribution is 2.44. The Morgan fingerprint density at radius 1 is 1.05 bits per heavy atom. The highest BCUT2D eigenvalue weighted by molar-refractivity contribution is 7.43. The van der Waals surface area contributed by atoms with Crippen LogP contribution in [0.2, 0.25) is 0 Å². The van der Waals surface area contributed by atoms with Crippen LogP contribution < -0.4 is 29.8 Å². The number of carbonyl (C=O) groups is 1. The van der Waals surface area contributed by atoms with E-state index in [1.165, 1.54) is 12.3 Å². The van der Waals surface area contributed by atoms with Crippen LogP contribution in [0, 0.1) is 0 Å². The van der Waals surface area contributed by atoms with E-state index in [0.717, 1.165) is 0 Å². The fraction of sp³-hybridized carbons (Fsp3) is 0.214. The minimum absolute atomic E-state index is 0.140. The molecular weight excluding hydrogens is 507 g/mol. The minimum Gasteiger partial charge on any atom is -0.780 e. The lowest BCUT2D eigenvalue weighted by molar-refractivity contribution is -0.333. The molecule has 0 radical (unpaired) electrons. The van der Waals surface area contributed by atoms with Crippen molar-refractivity contribution in [2.45, 2.75) is 33.1 Å². The maximum Gasteiger partial charge on any atom is 0.261 e. The van der Waals surface area contributed by atoms with Crippen molar-refractivity contribution in [3.63, 3.8) is 0 Å². The van der Waals surface area contributed by atoms with E-state index in [1.54, 1.807) is 54.6 Å². The first kappa shape index (κ1) is 27.1. The Morgan fingerprint density at radius 2 is 1.79 bits per heavy atom. The van der Waals surface area contributed by atoms with Crippen LogP contribution in [0.5, 0.6) is 11.5 Å². The Hall–Kier alpha value is -3.91. The Labute approximate surface area is 219 Å². The molecule has 0 aliphatic heterocycles. The second kappa shape index (κ2) is 10.5.